The molecule has 1 aromatic rings. The van der Waals surface area contributed by atoms with Crippen LogP contribution in [0.5, 0.6) is 0 Å². The number of carbonyl (C=O) groups excluding carboxylic acids is 3. The largest absolute Gasteiger partial charge is 0.460 e. The molecular weight excluding hydrogens is 344 g/mol. The van der Waals surface area contributed by atoms with Gasteiger partial charge in [0.1, 0.15) is 19.2 Å². The van der Waals surface area contributed by atoms with Gasteiger partial charge >= 0.3 is 12.0 Å². The van der Waals surface area contributed by atoms with Crippen molar-refractivity contribution in [2.45, 2.75) is 46.1 Å². The van der Waals surface area contributed by atoms with E-state index < -0.39 is 12.0 Å². The number of imide groups is 1. The first-order chi connectivity index (χ1) is 12.7. The molecule has 2 saturated carbocycles. The lowest BCUT2D eigenvalue weighted by molar-refractivity contribution is -0.158. The fourth-order valence-electron chi connectivity index (χ4n) is 5.14. The molecule has 144 valence electrons. The van der Waals surface area contributed by atoms with Crippen LogP contribution in [-0.2, 0) is 14.3 Å². The van der Waals surface area contributed by atoms with E-state index in [4.69, 9.17) is 4.74 Å². The number of esters is 1. The molecule has 3 aliphatic rings. The van der Waals surface area contributed by atoms with E-state index in [0.717, 1.165) is 17.7 Å². The predicted molar refractivity (Wildman–Crippen MR) is 100 cm³/mol. The Kier molecular flexibility index (Phi) is 4.05. The van der Waals surface area contributed by atoms with Gasteiger partial charge in [0.2, 0.25) is 0 Å². The second-order valence-electron chi connectivity index (χ2n) is 8.77. The molecule has 4 rings (SSSR count). The maximum absolute atomic E-state index is 12.6. The summed E-state index contributed by atoms with van der Waals surface area (Å²) in [7, 11) is 0. The summed E-state index contributed by atoms with van der Waals surface area (Å²) in [6.07, 6.45) is 2.95. The van der Waals surface area contributed by atoms with Gasteiger partial charge in [0.15, 0.2) is 0 Å². The van der Waals surface area contributed by atoms with Gasteiger partial charge in [0.05, 0.1) is 0 Å². The number of nitrogens with zero attached hydrogens (tertiary/aromatic N) is 2. The highest BCUT2D eigenvalue weighted by Gasteiger charge is 2.63. The minimum absolute atomic E-state index is 0.0393. The fraction of sp³-hybridized carbons (Fsp3) is 0.571. The van der Waals surface area contributed by atoms with Crippen LogP contribution >= 0.6 is 0 Å². The third kappa shape index (κ3) is 2.65. The molecule has 1 saturated heterocycles. The molecule has 0 aromatic heterocycles. The molecule has 3 fully saturated rings. The minimum Gasteiger partial charge on any atom is -0.460 e. The zero-order valence-electron chi connectivity index (χ0n) is 16.1. The highest BCUT2D eigenvalue weighted by Crippen LogP contribution is 2.66. The standard InChI is InChI=1S/C21H26N2O4/c1-20(2)14-9-10-21(20,3)16(11-14)27-18(25)13-23-17(24)12-22(19(23)26)15-7-5-4-6-8-15/h4-8,14,16H,9-13H2,1-3H3. The van der Waals surface area contributed by atoms with Gasteiger partial charge in [-0.1, -0.05) is 39.0 Å². The molecule has 0 spiro atoms. The molecule has 3 amide bonds. The van der Waals surface area contributed by atoms with E-state index in [1.165, 1.54) is 11.3 Å². The molecule has 0 N–H and O–H groups in total. The number of rotatable bonds is 4. The maximum Gasteiger partial charge on any atom is 0.332 e. The van der Waals surface area contributed by atoms with Crippen molar-refractivity contribution in [2.24, 2.45) is 16.7 Å². The van der Waals surface area contributed by atoms with Gasteiger partial charge in [-0.3, -0.25) is 19.4 Å². The zero-order chi connectivity index (χ0) is 19.4. The van der Waals surface area contributed by atoms with Crippen molar-refractivity contribution in [1.82, 2.24) is 4.90 Å². The van der Waals surface area contributed by atoms with Gasteiger partial charge in [-0.05, 0) is 42.7 Å². The van der Waals surface area contributed by atoms with Crippen molar-refractivity contribution < 1.29 is 19.1 Å². The number of hydrogen-bond donors (Lipinski definition) is 0. The van der Waals surface area contributed by atoms with Gasteiger partial charge < -0.3 is 4.74 Å². The minimum atomic E-state index is -0.499. The third-order valence-corrected chi connectivity index (χ3v) is 7.40. The number of carbonyl (C=O) groups is 3. The van der Waals surface area contributed by atoms with E-state index in [1.54, 1.807) is 12.1 Å². The molecule has 6 heteroatoms. The maximum atomic E-state index is 12.6. The molecule has 3 unspecified atom stereocenters. The summed E-state index contributed by atoms with van der Waals surface area (Å²) in [5, 5.41) is 0. The molecule has 2 bridgehead atoms. The number of amides is 3. The second-order valence-corrected chi connectivity index (χ2v) is 8.77. The van der Waals surface area contributed by atoms with Gasteiger partial charge in [0.25, 0.3) is 5.91 Å². The third-order valence-electron chi connectivity index (χ3n) is 7.40. The Morgan fingerprint density at radius 1 is 1.19 bits per heavy atom. The van der Waals surface area contributed by atoms with Crippen LogP contribution in [-0.4, -0.2) is 42.0 Å². The van der Waals surface area contributed by atoms with E-state index in [2.05, 4.69) is 20.8 Å². The summed E-state index contributed by atoms with van der Waals surface area (Å²) in [5.41, 5.74) is 0.748. The van der Waals surface area contributed by atoms with Crippen molar-refractivity contribution in [3.05, 3.63) is 30.3 Å². The Hall–Kier alpha value is -2.37. The van der Waals surface area contributed by atoms with E-state index in [-0.39, 0.29) is 35.9 Å². The number of para-hydroxylation sites is 1. The van der Waals surface area contributed by atoms with Crippen LogP contribution < -0.4 is 4.90 Å². The molecule has 6 nitrogen and oxygen atoms in total. The molecule has 3 atom stereocenters. The van der Waals surface area contributed by atoms with Crippen molar-refractivity contribution in [1.29, 1.82) is 0 Å². The summed E-state index contributed by atoms with van der Waals surface area (Å²) in [6.45, 7) is 6.33. The Morgan fingerprint density at radius 2 is 1.89 bits per heavy atom. The first-order valence-corrected chi connectivity index (χ1v) is 9.60. The van der Waals surface area contributed by atoms with Crippen LogP contribution in [0.15, 0.2) is 30.3 Å². The first kappa shape index (κ1) is 18.0. The summed E-state index contributed by atoms with van der Waals surface area (Å²) < 4.78 is 5.78. The Bertz CT molecular complexity index is 791. The van der Waals surface area contributed by atoms with Gasteiger partial charge in [-0.15, -0.1) is 0 Å². The molecule has 27 heavy (non-hydrogen) atoms. The van der Waals surface area contributed by atoms with Crippen LogP contribution in [0.2, 0.25) is 0 Å². The lowest BCUT2D eigenvalue weighted by Gasteiger charge is -2.38. The summed E-state index contributed by atoms with van der Waals surface area (Å²) in [6, 6.07) is 8.53. The van der Waals surface area contributed by atoms with E-state index >= 15 is 0 Å². The molecule has 1 aliphatic heterocycles. The Labute approximate surface area is 159 Å². The van der Waals surface area contributed by atoms with Crippen molar-refractivity contribution in [3.8, 4) is 0 Å². The molecule has 0 radical (unpaired) electrons. The average Bonchev–Trinajstić information content (AvgIpc) is 3.11. The quantitative estimate of drug-likeness (QED) is 0.603. The van der Waals surface area contributed by atoms with Crippen LogP contribution in [0.3, 0.4) is 0 Å². The molecule has 1 heterocycles. The number of anilines is 1. The number of benzene rings is 1. The van der Waals surface area contributed by atoms with E-state index in [1.807, 2.05) is 18.2 Å². The van der Waals surface area contributed by atoms with Gasteiger partial charge in [0, 0.05) is 11.1 Å². The van der Waals surface area contributed by atoms with Gasteiger partial charge in [-0.2, -0.15) is 0 Å². The average molecular weight is 370 g/mol. The fourth-order valence-corrected chi connectivity index (χ4v) is 5.14. The summed E-state index contributed by atoms with van der Waals surface area (Å²) >= 11 is 0. The van der Waals surface area contributed by atoms with Crippen LogP contribution in [0, 0.1) is 16.7 Å². The topological polar surface area (TPSA) is 66.9 Å². The first-order valence-electron chi connectivity index (χ1n) is 9.60. The van der Waals surface area contributed by atoms with E-state index in [0.29, 0.717) is 11.6 Å². The van der Waals surface area contributed by atoms with Crippen LogP contribution in [0.25, 0.3) is 0 Å². The van der Waals surface area contributed by atoms with Crippen molar-refractivity contribution >= 4 is 23.6 Å². The summed E-state index contributed by atoms with van der Waals surface area (Å²) in [5.74, 6) is -0.314. The number of fused-ring (bicyclic) bond motifs is 2. The number of hydrogen-bond acceptors (Lipinski definition) is 4. The van der Waals surface area contributed by atoms with Crippen molar-refractivity contribution in [3.63, 3.8) is 0 Å². The van der Waals surface area contributed by atoms with Crippen molar-refractivity contribution in [2.75, 3.05) is 18.0 Å². The van der Waals surface area contributed by atoms with E-state index in [9.17, 15) is 14.4 Å². The zero-order valence-corrected chi connectivity index (χ0v) is 16.1. The number of ether oxygens (including phenoxy) is 1. The lowest BCUT2D eigenvalue weighted by atomic mass is 9.70. The monoisotopic (exact) mass is 370 g/mol. The van der Waals surface area contributed by atoms with Crippen LogP contribution in [0.1, 0.15) is 40.0 Å². The lowest BCUT2D eigenvalue weighted by Crippen LogP contribution is -2.42. The molecular formula is C21H26N2O4. The van der Waals surface area contributed by atoms with Gasteiger partial charge in [-0.25, -0.2) is 4.79 Å². The second kappa shape index (κ2) is 6.08. The SMILES string of the molecule is CC1(C)C2CCC1(C)C(OC(=O)CN1C(=O)CN(c3ccccc3)C1=O)C2. The smallest absolute Gasteiger partial charge is 0.332 e. The predicted octanol–water partition coefficient (Wildman–Crippen LogP) is 3.21. The molecule has 2 aliphatic carbocycles. The summed E-state index contributed by atoms with van der Waals surface area (Å²) in [4.78, 5) is 39.8. The number of urea groups is 1. The van der Waals surface area contributed by atoms with Crippen LogP contribution in [0.4, 0.5) is 10.5 Å². The highest BCUT2D eigenvalue weighted by molar-refractivity contribution is 6.13. The Morgan fingerprint density at radius 3 is 2.48 bits per heavy atom. The normalized spacial score (nSPS) is 31.7. The Balaban J connectivity index is 1.42. The highest BCUT2D eigenvalue weighted by atomic mass is 16.5. The molecule has 1 aromatic carbocycles.